The Morgan fingerprint density at radius 1 is 1.19 bits per heavy atom. The fourth-order valence-electron chi connectivity index (χ4n) is 2.18. The number of hydrogen-bond acceptors (Lipinski definition) is 2. The van der Waals surface area contributed by atoms with E-state index in [9.17, 15) is 0 Å². The van der Waals surface area contributed by atoms with Crippen molar-refractivity contribution in [2.75, 3.05) is 6.54 Å². The molecular weight excluding hydrogens is 282 g/mol. The molecule has 2 aromatic rings. The van der Waals surface area contributed by atoms with Gasteiger partial charge in [0.2, 0.25) is 0 Å². The molecule has 0 bridgehead atoms. The van der Waals surface area contributed by atoms with Crippen molar-refractivity contribution < 1.29 is 0 Å². The van der Waals surface area contributed by atoms with Crippen LogP contribution in [0.1, 0.15) is 44.9 Å². The quantitative estimate of drug-likeness (QED) is 0.857. The van der Waals surface area contributed by atoms with Crippen LogP contribution in [-0.4, -0.2) is 16.3 Å². The molecule has 2 rings (SSSR count). The summed E-state index contributed by atoms with van der Waals surface area (Å²) in [6, 6.07) is 8.05. The van der Waals surface area contributed by atoms with Crippen LogP contribution in [-0.2, 0) is 6.54 Å². The van der Waals surface area contributed by atoms with Crippen molar-refractivity contribution in [3.05, 3.63) is 46.7 Å². The third-order valence-corrected chi connectivity index (χ3v) is 3.60. The average molecular weight is 306 g/mol. The molecule has 1 aromatic carbocycles. The molecule has 0 spiro atoms. The van der Waals surface area contributed by atoms with Gasteiger partial charge in [-0.05, 0) is 42.1 Å². The summed E-state index contributed by atoms with van der Waals surface area (Å²) in [6.45, 7) is 10.5. The zero-order valence-corrected chi connectivity index (χ0v) is 14.0. The van der Waals surface area contributed by atoms with Crippen molar-refractivity contribution in [3.8, 4) is 5.69 Å². The summed E-state index contributed by atoms with van der Waals surface area (Å²) in [7, 11) is 0. The van der Waals surface area contributed by atoms with E-state index in [1.54, 1.807) is 0 Å². The molecule has 0 aliphatic carbocycles. The topological polar surface area (TPSA) is 29.9 Å². The molecule has 21 heavy (non-hydrogen) atoms. The van der Waals surface area contributed by atoms with Crippen molar-refractivity contribution in [2.24, 2.45) is 5.92 Å². The lowest BCUT2D eigenvalue weighted by molar-refractivity contribution is 0.551. The van der Waals surface area contributed by atoms with Gasteiger partial charge in [-0.2, -0.15) is 5.10 Å². The zero-order valence-electron chi connectivity index (χ0n) is 13.2. The van der Waals surface area contributed by atoms with Crippen LogP contribution in [0, 0.1) is 5.92 Å². The summed E-state index contributed by atoms with van der Waals surface area (Å²) >= 11 is 6.16. The minimum atomic E-state index is 0.424. The first-order chi connectivity index (χ1) is 9.97. The number of rotatable bonds is 6. The van der Waals surface area contributed by atoms with Gasteiger partial charge in [0.1, 0.15) is 0 Å². The lowest BCUT2D eigenvalue weighted by Gasteiger charge is -2.12. The predicted octanol–water partition coefficient (Wildman–Crippen LogP) is 4.39. The highest BCUT2D eigenvalue weighted by Crippen LogP contribution is 2.21. The molecule has 114 valence electrons. The Hall–Kier alpha value is -1.32. The van der Waals surface area contributed by atoms with Crippen LogP contribution >= 0.6 is 11.6 Å². The van der Waals surface area contributed by atoms with Gasteiger partial charge < -0.3 is 5.32 Å². The van der Waals surface area contributed by atoms with E-state index in [4.69, 9.17) is 11.6 Å². The lowest BCUT2D eigenvalue weighted by atomic mass is 10.1. The van der Waals surface area contributed by atoms with E-state index >= 15 is 0 Å². The largest absolute Gasteiger partial charge is 0.312 e. The first kappa shape index (κ1) is 16.1. The van der Waals surface area contributed by atoms with Gasteiger partial charge in [0.25, 0.3) is 0 Å². The Balaban J connectivity index is 2.25. The summed E-state index contributed by atoms with van der Waals surface area (Å²) in [5.74, 6) is 1.06. The van der Waals surface area contributed by atoms with Gasteiger partial charge in [-0.3, -0.25) is 0 Å². The highest BCUT2D eigenvalue weighted by molar-refractivity contribution is 6.30. The predicted molar refractivity (Wildman–Crippen MR) is 89.2 cm³/mol. The van der Waals surface area contributed by atoms with Gasteiger partial charge >= 0.3 is 0 Å². The zero-order chi connectivity index (χ0) is 15.4. The molecule has 0 amide bonds. The summed E-state index contributed by atoms with van der Waals surface area (Å²) in [4.78, 5) is 0. The van der Waals surface area contributed by atoms with Crippen LogP contribution in [0.3, 0.4) is 0 Å². The van der Waals surface area contributed by atoms with Crippen molar-refractivity contribution >= 4 is 11.6 Å². The number of halogens is 1. The van der Waals surface area contributed by atoms with Crippen LogP contribution < -0.4 is 5.32 Å². The lowest BCUT2D eigenvalue weighted by Crippen LogP contribution is -2.20. The molecule has 0 unspecified atom stereocenters. The average Bonchev–Trinajstić information content (AvgIpc) is 2.89. The SMILES string of the molecule is CC(C)CNCc1ccc(Cl)cc1-n1ccc(C(C)C)n1. The van der Waals surface area contributed by atoms with E-state index < -0.39 is 0 Å². The van der Waals surface area contributed by atoms with Gasteiger partial charge in [-0.25, -0.2) is 4.68 Å². The minimum absolute atomic E-state index is 0.424. The molecule has 3 nitrogen and oxygen atoms in total. The molecular formula is C17H24ClN3. The van der Waals surface area contributed by atoms with Gasteiger partial charge in [0.05, 0.1) is 11.4 Å². The highest BCUT2D eigenvalue weighted by atomic mass is 35.5. The Kier molecular flexibility index (Phi) is 5.43. The van der Waals surface area contributed by atoms with Gasteiger partial charge in [0.15, 0.2) is 0 Å². The van der Waals surface area contributed by atoms with Crippen molar-refractivity contribution in [2.45, 2.75) is 40.2 Å². The van der Waals surface area contributed by atoms with E-state index in [2.05, 4.69) is 50.2 Å². The maximum atomic E-state index is 6.16. The second kappa shape index (κ2) is 7.10. The minimum Gasteiger partial charge on any atom is -0.312 e. The van der Waals surface area contributed by atoms with Crippen molar-refractivity contribution in [1.82, 2.24) is 15.1 Å². The first-order valence-electron chi connectivity index (χ1n) is 7.52. The molecule has 1 aromatic heterocycles. The fourth-order valence-corrected chi connectivity index (χ4v) is 2.34. The number of aromatic nitrogens is 2. The third-order valence-electron chi connectivity index (χ3n) is 3.36. The normalized spacial score (nSPS) is 11.6. The van der Waals surface area contributed by atoms with Crippen LogP contribution in [0.15, 0.2) is 30.5 Å². The monoisotopic (exact) mass is 305 g/mol. The van der Waals surface area contributed by atoms with Crippen LogP contribution in [0.2, 0.25) is 5.02 Å². The molecule has 0 radical (unpaired) electrons. The van der Waals surface area contributed by atoms with Crippen LogP contribution in [0.5, 0.6) is 0 Å². The third kappa shape index (κ3) is 4.32. The molecule has 0 fully saturated rings. The molecule has 1 N–H and O–H groups in total. The number of hydrogen-bond donors (Lipinski definition) is 1. The maximum absolute atomic E-state index is 6.16. The molecule has 0 saturated carbocycles. The summed E-state index contributed by atoms with van der Waals surface area (Å²) in [6.07, 6.45) is 2.01. The standard InChI is InChI=1S/C17H24ClN3/c1-12(2)10-19-11-14-5-6-15(18)9-17(14)21-8-7-16(20-21)13(3)4/h5-9,12-13,19H,10-11H2,1-4H3. The Labute approximate surface area is 132 Å². The Morgan fingerprint density at radius 2 is 1.95 bits per heavy atom. The van der Waals surface area contributed by atoms with E-state index in [-0.39, 0.29) is 0 Å². The van der Waals surface area contributed by atoms with Gasteiger partial charge in [-0.1, -0.05) is 45.4 Å². The molecule has 0 aliphatic heterocycles. The van der Waals surface area contributed by atoms with Gasteiger partial charge in [-0.15, -0.1) is 0 Å². The molecule has 0 atom stereocenters. The molecule has 4 heteroatoms. The molecule has 0 aliphatic rings. The maximum Gasteiger partial charge on any atom is 0.0705 e. The summed E-state index contributed by atoms with van der Waals surface area (Å²) < 4.78 is 1.92. The molecule has 1 heterocycles. The smallest absolute Gasteiger partial charge is 0.0705 e. The van der Waals surface area contributed by atoms with E-state index in [0.717, 1.165) is 29.5 Å². The number of nitrogens with zero attached hydrogens (tertiary/aromatic N) is 2. The van der Waals surface area contributed by atoms with Gasteiger partial charge in [0, 0.05) is 17.8 Å². The van der Waals surface area contributed by atoms with Crippen molar-refractivity contribution in [1.29, 1.82) is 0 Å². The highest BCUT2D eigenvalue weighted by Gasteiger charge is 2.09. The van der Waals surface area contributed by atoms with E-state index in [0.29, 0.717) is 11.8 Å². The number of nitrogens with one attached hydrogen (secondary N) is 1. The summed E-state index contributed by atoms with van der Waals surface area (Å²) in [5.41, 5.74) is 3.35. The van der Waals surface area contributed by atoms with E-state index in [1.165, 1.54) is 5.56 Å². The van der Waals surface area contributed by atoms with Crippen LogP contribution in [0.4, 0.5) is 0 Å². The molecule has 0 saturated heterocycles. The Morgan fingerprint density at radius 3 is 2.57 bits per heavy atom. The number of benzene rings is 1. The van der Waals surface area contributed by atoms with Crippen LogP contribution in [0.25, 0.3) is 5.69 Å². The van der Waals surface area contributed by atoms with E-state index in [1.807, 2.05) is 23.0 Å². The fraction of sp³-hybridized carbons (Fsp3) is 0.471. The second-order valence-corrected chi connectivity index (χ2v) is 6.57. The second-order valence-electron chi connectivity index (χ2n) is 6.14. The van der Waals surface area contributed by atoms with Crippen molar-refractivity contribution in [3.63, 3.8) is 0 Å². The Bertz CT molecular complexity index is 587. The first-order valence-corrected chi connectivity index (χ1v) is 7.90. The summed E-state index contributed by atoms with van der Waals surface area (Å²) in [5, 5.41) is 8.87.